The van der Waals surface area contributed by atoms with Crippen LogP contribution in [0.3, 0.4) is 0 Å². The van der Waals surface area contributed by atoms with Crippen LogP contribution < -0.4 is 10.2 Å². The topological polar surface area (TPSA) is 61.8 Å². The third-order valence-electron chi connectivity index (χ3n) is 4.14. The third kappa shape index (κ3) is 2.63. The van der Waals surface area contributed by atoms with Crippen molar-refractivity contribution >= 4 is 23.2 Å². The summed E-state index contributed by atoms with van der Waals surface area (Å²) in [6.07, 6.45) is 1.73. The fourth-order valence-corrected chi connectivity index (χ4v) is 2.81. The molecule has 0 saturated heterocycles. The van der Waals surface area contributed by atoms with Crippen LogP contribution in [0.15, 0.2) is 29.3 Å². The average molecular weight is 299 g/mol. The lowest BCUT2D eigenvalue weighted by molar-refractivity contribution is -0.127. The monoisotopic (exact) mass is 299 g/mol. The standard InChI is InChI=1S/C17H21N3O2/c1-3-14(21)18-16-17(22)20(4-2)13-8-6-5-7-12(13)15(19-16)11-9-10-11/h5-8,11,16H,3-4,9-10H2,1-2H3,(H,18,21). The molecule has 1 aromatic carbocycles. The van der Waals surface area contributed by atoms with E-state index in [0.717, 1.165) is 29.8 Å². The number of hydrogen-bond donors (Lipinski definition) is 1. The number of benzodiazepines with no additional fused rings is 1. The van der Waals surface area contributed by atoms with Crippen molar-refractivity contribution in [1.82, 2.24) is 5.32 Å². The highest BCUT2D eigenvalue weighted by atomic mass is 16.2. The molecule has 0 bridgehead atoms. The van der Waals surface area contributed by atoms with Crippen molar-refractivity contribution in [3.8, 4) is 0 Å². The zero-order valence-corrected chi connectivity index (χ0v) is 13.0. The molecule has 1 unspecified atom stereocenters. The minimum Gasteiger partial charge on any atom is -0.327 e. The second-order valence-electron chi connectivity index (χ2n) is 5.71. The summed E-state index contributed by atoms with van der Waals surface area (Å²) in [6.45, 7) is 4.27. The van der Waals surface area contributed by atoms with Gasteiger partial charge in [0.05, 0.1) is 11.4 Å². The van der Waals surface area contributed by atoms with Gasteiger partial charge in [0.25, 0.3) is 5.91 Å². The molecule has 5 heteroatoms. The summed E-state index contributed by atoms with van der Waals surface area (Å²) < 4.78 is 0. The van der Waals surface area contributed by atoms with E-state index < -0.39 is 6.17 Å². The van der Waals surface area contributed by atoms with Crippen molar-refractivity contribution in [2.45, 2.75) is 39.3 Å². The van der Waals surface area contributed by atoms with E-state index in [1.54, 1.807) is 11.8 Å². The summed E-state index contributed by atoms with van der Waals surface area (Å²) in [5, 5.41) is 2.75. The SMILES string of the molecule is CCC(=O)NC1N=C(C2CC2)c2ccccc2N(CC)C1=O. The van der Waals surface area contributed by atoms with Crippen molar-refractivity contribution in [1.29, 1.82) is 0 Å². The van der Waals surface area contributed by atoms with Crippen LogP contribution in [0.25, 0.3) is 0 Å². The number of anilines is 1. The van der Waals surface area contributed by atoms with E-state index in [-0.39, 0.29) is 11.8 Å². The molecule has 0 radical (unpaired) electrons. The first kappa shape index (κ1) is 14.8. The molecule has 0 spiro atoms. The highest BCUT2D eigenvalue weighted by molar-refractivity contribution is 6.14. The Kier molecular flexibility index (Phi) is 3.96. The zero-order chi connectivity index (χ0) is 15.7. The minimum absolute atomic E-state index is 0.153. The van der Waals surface area contributed by atoms with E-state index >= 15 is 0 Å². The number of nitrogens with one attached hydrogen (secondary N) is 1. The number of aliphatic imine (C=N–C) groups is 1. The van der Waals surface area contributed by atoms with Crippen LogP contribution >= 0.6 is 0 Å². The van der Waals surface area contributed by atoms with E-state index in [2.05, 4.69) is 10.3 Å². The quantitative estimate of drug-likeness (QED) is 0.925. The van der Waals surface area contributed by atoms with Gasteiger partial charge < -0.3 is 10.2 Å². The summed E-state index contributed by atoms with van der Waals surface area (Å²) in [6, 6.07) is 7.88. The van der Waals surface area contributed by atoms with Crippen LogP contribution in [-0.2, 0) is 9.59 Å². The molecular formula is C17H21N3O2. The van der Waals surface area contributed by atoms with Crippen LogP contribution in [-0.4, -0.2) is 30.2 Å². The van der Waals surface area contributed by atoms with Crippen molar-refractivity contribution in [3.63, 3.8) is 0 Å². The van der Waals surface area contributed by atoms with Gasteiger partial charge in [0.2, 0.25) is 12.1 Å². The number of fused-ring (bicyclic) bond motifs is 1. The molecule has 2 amide bonds. The molecule has 1 aliphatic heterocycles. The number of rotatable bonds is 4. The number of carbonyl (C=O) groups is 2. The molecule has 1 atom stereocenters. The van der Waals surface area contributed by atoms with Crippen molar-refractivity contribution in [2.24, 2.45) is 10.9 Å². The van der Waals surface area contributed by atoms with Gasteiger partial charge in [-0.3, -0.25) is 14.6 Å². The van der Waals surface area contributed by atoms with E-state index in [1.165, 1.54) is 0 Å². The summed E-state index contributed by atoms with van der Waals surface area (Å²) in [5.41, 5.74) is 2.88. The smallest absolute Gasteiger partial charge is 0.272 e. The average Bonchev–Trinajstić information content (AvgIpc) is 3.36. The summed E-state index contributed by atoms with van der Waals surface area (Å²) in [4.78, 5) is 30.9. The molecule has 116 valence electrons. The van der Waals surface area contributed by atoms with Crippen molar-refractivity contribution in [3.05, 3.63) is 29.8 Å². The number of hydrogen-bond acceptors (Lipinski definition) is 3. The van der Waals surface area contributed by atoms with Gasteiger partial charge in [0, 0.05) is 24.4 Å². The number of para-hydroxylation sites is 1. The molecule has 1 aliphatic carbocycles. The molecule has 2 aliphatic rings. The lowest BCUT2D eigenvalue weighted by atomic mass is 10.0. The molecule has 1 aromatic rings. The van der Waals surface area contributed by atoms with E-state index in [9.17, 15) is 9.59 Å². The Labute approximate surface area is 130 Å². The number of amides is 2. The number of likely N-dealkylation sites (N-methyl/N-ethyl adjacent to an activating group) is 1. The van der Waals surface area contributed by atoms with Crippen LogP contribution in [0.5, 0.6) is 0 Å². The largest absolute Gasteiger partial charge is 0.327 e. The Morgan fingerprint density at radius 2 is 2.05 bits per heavy atom. The Morgan fingerprint density at radius 3 is 2.68 bits per heavy atom. The molecule has 0 aromatic heterocycles. The Hall–Kier alpha value is -2.17. The fraction of sp³-hybridized carbons (Fsp3) is 0.471. The third-order valence-corrected chi connectivity index (χ3v) is 4.14. The predicted molar refractivity (Wildman–Crippen MR) is 86.0 cm³/mol. The Balaban J connectivity index is 2.06. The predicted octanol–water partition coefficient (Wildman–Crippen LogP) is 2.10. The first-order valence-electron chi connectivity index (χ1n) is 7.93. The summed E-state index contributed by atoms with van der Waals surface area (Å²) in [5.74, 6) is 0.0958. The maximum absolute atomic E-state index is 12.8. The molecular weight excluding hydrogens is 278 g/mol. The van der Waals surface area contributed by atoms with Gasteiger partial charge in [0.1, 0.15) is 0 Å². The summed E-state index contributed by atoms with van der Waals surface area (Å²) in [7, 11) is 0. The van der Waals surface area contributed by atoms with Crippen LogP contribution in [0, 0.1) is 5.92 Å². The first-order valence-corrected chi connectivity index (χ1v) is 7.93. The molecule has 1 heterocycles. The lowest BCUT2D eigenvalue weighted by Gasteiger charge is -2.23. The maximum atomic E-state index is 12.8. The van der Waals surface area contributed by atoms with Gasteiger partial charge in [-0.2, -0.15) is 0 Å². The highest BCUT2D eigenvalue weighted by Crippen LogP contribution is 2.38. The van der Waals surface area contributed by atoms with Crippen molar-refractivity contribution < 1.29 is 9.59 Å². The zero-order valence-electron chi connectivity index (χ0n) is 13.0. The number of carbonyl (C=O) groups excluding carboxylic acids is 2. The molecule has 22 heavy (non-hydrogen) atoms. The lowest BCUT2D eigenvalue weighted by Crippen LogP contribution is -2.47. The normalized spacial score (nSPS) is 21.0. The second-order valence-corrected chi connectivity index (χ2v) is 5.71. The second kappa shape index (κ2) is 5.91. The molecule has 5 nitrogen and oxygen atoms in total. The molecule has 1 N–H and O–H groups in total. The Bertz CT molecular complexity index is 635. The van der Waals surface area contributed by atoms with E-state index in [4.69, 9.17) is 0 Å². The van der Waals surface area contributed by atoms with Gasteiger partial charge in [-0.25, -0.2) is 0 Å². The first-order chi connectivity index (χ1) is 10.7. The number of benzene rings is 1. The Morgan fingerprint density at radius 1 is 1.32 bits per heavy atom. The van der Waals surface area contributed by atoms with Gasteiger partial charge in [-0.05, 0) is 25.8 Å². The van der Waals surface area contributed by atoms with Gasteiger partial charge >= 0.3 is 0 Å². The highest BCUT2D eigenvalue weighted by Gasteiger charge is 2.37. The maximum Gasteiger partial charge on any atom is 0.272 e. The fourth-order valence-electron chi connectivity index (χ4n) is 2.81. The minimum atomic E-state index is -0.810. The van der Waals surface area contributed by atoms with Gasteiger partial charge in [0.15, 0.2) is 0 Å². The van der Waals surface area contributed by atoms with E-state index in [1.807, 2.05) is 31.2 Å². The van der Waals surface area contributed by atoms with Crippen LogP contribution in [0.2, 0.25) is 0 Å². The number of nitrogens with zero attached hydrogens (tertiary/aromatic N) is 2. The van der Waals surface area contributed by atoms with E-state index in [0.29, 0.717) is 18.9 Å². The molecule has 1 saturated carbocycles. The van der Waals surface area contributed by atoms with Crippen LogP contribution in [0.4, 0.5) is 5.69 Å². The molecule has 1 fully saturated rings. The van der Waals surface area contributed by atoms with Gasteiger partial charge in [-0.1, -0.05) is 25.1 Å². The molecule has 3 rings (SSSR count). The van der Waals surface area contributed by atoms with Crippen molar-refractivity contribution in [2.75, 3.05) is 11.4 Å². The summed E-state index contributed by atoms with van der Waals surface area (Å²) >= 11 is 0. The van der Waals surface area contributed by atoms with Crippen LogP contribution in [0.1, 0.15) is 38.7 Å². The van der Waals surface area contributed by atoms with Gasteiger partial charge in [-0.15, -0.1) is 0 Å².